The van der Waals surface area contributed by atoms with E-state index in [2.05, 4.69) is 57.3 Å². The number of hydrogen-bond acceptors (Lipinski definition) is 14. The van der Waals surface area contributed by atoms with E-state index in [1.807, 2.05) is 95.3 Å². The van der Waals surface area contributed by atoms with E-state index >= 15 is 0 Å². The molecule has 23 heteroatoms. The number of aryl methyl sites for hydroxylation is 4. The van der Waals surface area contributed by atoms with Crippen LogP contribution in [0.15, 0.2) is 130 Å². The molecule has 0 saturated carbocycles. The Hall–Kier alpha value is -8.06. The van der Waals surface area contributed by atoms with Gasteiger partial charge in [0.25, 0.3) is 36.3 Å². The fourth-order valence-corrected chi connectivity index (χ4v) is 15.8. The molecule has 0 spiro atoms. The van der Waals surface area contributed by atoms with Crippen LogP contribution in [0.3, 0.4) is 0 Å². The molecule has 0 aliphatic carbocycles. The van der Waals surface area contributed by atoms with E-state index in [1.165, 1.54) is 41.6 Å². The number of benzene rings is 4. The van der Waals surface area contributed by atoms with E-state index < -0.39 is 51.0 Å². The summed E-state index contributed by atoms with van der Waals surface area (Å²) in [5, 5.41) is 11.4. The van der Waals surface area contributed by atoms with Gasteiger partial charge in [-0.15, -0.1) is 0 Å². The molecule has 0 bridgehead atoms. The Bertz CT molecular complexity index is 4640. The number of nitrogens with one attached hydrogen (secondary N) is 3. The number of amides is 2. The van der Waals surface area contributed by atoms with E-state index in [4.69, 9.17) is 9.97 Å². The second kappa shape index (κ2) is 28.3. The van der Waals surface area contributed by atoms with Crippen LogP contribution >= 0.6 is 0 Å². The van der Waals surface area contributed by atoms with Gasteiger partial charge in [0.2, 0.25) is 11.6 Å². The van der Waals surface area contributed by atoms with Gasteiger partial charge in [-0.1, -0.05) is 58.6 Å². The Kier molecular flexibility index (Phi) is 20.8. The lowest BCUT2D eigenvalue weighted by Crippen LogP contribution is -2.27. The number of fused-ring (bicyclic) bond motifs is 7. The molecule has 95 heavy (non-hydrogen) atoms. The molecule has 3 aromatic heterocycles. The maximum atomic E-state index is 13.7. The number of unbranched alkanes of at least 4 members (excludes halogenated alkanes) is 5. The molecule has 10 rings (SSSR count). The highest BCUT2D eigenvalue weighted by atomic mass is 32.2. The molecule has 7 aromatic rings. The van der Waals surface area contributed by atoms with E-state index in [-0.39, 0.29) is 27.5 Å². The van der Waals surface area contributed by atoms with Crippen molar-refractivity contribution in [1.82, 2.24) is 30.6 Å². The molecule has 4 aromatic carbocycles. The first kappa shape index (κ1) is 69.8. The van der Waals surface area contributed by atoms with Gasteiger partial charge < -0.3 is 20.9 Å². The van der Waals surface area contributed by atoms with Crippen LogP contribution in [0, 0.1) is 13.8 Å². The van der Waals surface area contributed by atoms with E-state index in [9.17, 15) is 48.5 Å². The molecular formula is C72H86N9O11S3+. The van der Waals surface area contributed by atoms with Crippen molar-refractivity contribution in [2.45, 2.75) is 177 Å². The Labute approximate surface area is 557 Å². The van der Waals surface area contributed by atoms with Crippen LogP contribution in [0.1, 0.15) is 180 Å². The standard InChI is InChI=1S/C72H85N9O11S3/c1-10-80-61-30-27-55-46(4)36-53(93(84,85)86)38-57(55)67(61)71(6,7)64(80)32-25-48(26-33-65-72(8,9)68-58-39-54(94(87,88)89)40-63(95(90,91)92)56(58)28-31-62(68)81(65)11-2)59-29-24-50(41-77-59)70(83)74-34-18-14-17-23-66(82)78-42-51-37-49-21-19-35-73-69(49)79-60(51)22-16-13-12-15-20-45(3)52-43-75-47(5)76-44-52/h24-33,36-41,43-45H,10-23,34-35,42H2,1-9H3,(H5-,73,74,78,79,82,83,84,85,86,87,88,89,90,91,92)/p+1/t45-/m1/s1. The van der Waals surface area contributed by atoms with Crippen molar-refractivity contribution in [1.29, 1.82) is 0 Å². The Morgan fingerprint density at radius 2 is 1.44 bits per heavy atom. The van der Waals surface area contributed by atoms with Crippen molar-refractivity contribution >= 4 is 92.2 Å². The van der Waals surface area contributed by atoms with Crippen LogP contribution in [0.4, 0.5) is 17.2 Å². The Morgan fingerprint density at radius 3 is 2.13 bits per heavy atom. The minimum Gasteiger partial charge on any atom is -0.370 e. The monoisotopic (exact) mass is 1350 g/mol. The number of anilines is 2. The van der Waals surface area contributed by atoms with Gasteiger partial charge in [-0.2, -0.15) is 29.8 Å². The van der Waals surface area contributed by atoms with Crippen molar-refractivity contribution in [3.63, 3.8) is 0 Å². The molecule has 0 fully saturated rings. The predicted molar refractivity (Wildman–Crippen MR) is 372 cm³/mol. The van der Waals surface area contributed by atoms with Crippen LogP contribution in [-0.2, 0) is 65.4 Å². The van der Waals surface area contributed by atoms with E-state index in [0.29, 0.717) is 90.4 Å². The van der Waals surface area contributed by atoms with Gasteiger partial charge in [-0.3, -0.25) is 28.2 Å². The van der Waals surface area contributed by atoms with E-state index in [1.54, 1.807) is 18.2 Å². The third-order valence-electron chi connectivity index (χ3n) is 18.9. The number of carbonyl (C=O) groups is 2. The van der Waals surface area contributed by atoms with E-state index in [0.717, 1.165) is 121 Å². The molecule has 0 saturated heterocycles. The molecule has 502 valence electrons. The minimum absolute atomic E-state index is 0.0319. The van der Waals surface area contributed by atoms with Crippen LogP contribution in [0.25, 0.3) is 27.1 Å². The first-order valence-corrected chi connectivity index (χ1v) is 37.0. The molecule has 6 N–H and O–H groups in total. The number of hydrogen-bond donors (Lipinski definition) is 6. The average molecular weight is 1350 g/mol. The summed E-state index contributed by atoms with van der Waals surface area (Å²) >= 11 is 0. The fraction of sp³-hybridized carbons (Fsp3) is 0.403. The number of aromatic nitrogens is 4. The number of rotatable bonds is 26. The highest BCUT2D eigenvalue weighted by Gasteiger charge is 2.46. The summed E-state index contributed by atoms with van der Waals surface area (Å²) in [6, 6.07) is 17.8. The number of allylic oxidation sites excluding steroid dienone is 6. The van der Waals surface area contributed by atoms with Crippen LogP contribution in [0.2, 0.25) is 0 Å². The fourth-order valence-electron chi connectivity index (χ4n) is 13.9. The summed E-state index contributed by atoms with van der Waals surface area (Å²) in [5.74, 6) is 1.80. The molecule has 0 radical (unpaired) electrons. The molecule has 6 heterocycles. The van der Waals surface area contributed by atoms with Crippen LogP contribution in [-0.4, -0.2) is 107 Å². The number of carbonyl (C=O) groups excluding carboxylic acids is 2. The Morgan fingerprint density at radius 1 is 0.747 bits per heavy atom. The summed E-state index contributed by atoms with van der Waals surface area (Å²) in [7, 11) is -14.4. The van der Waals surface area contributed by atoms with Crippen LogP contribution in [0.5, 0.6) is 0 Å². The summed E-state index contributed by atoms with van der Waals surface area (Å²) in [6.45, 7) is 20.5. The number of pyridine rings is 2. The van der Waals surface area contributed by atoms with Gasteiger partial charge in [-0.05, 0) is 203 Å². The third kappa shape index (κ3) is 15.1. The predicted octanol–water partition coefficient (Wildman–Crippen LogP) is 12.9. The molecule has 1 atom stereocenters. The zero-order valence-corrected chi connectivity index (χ0v) is 58.0. The van der Waals surface area contributed by atoms with Gasteiger partial charge in [-0.25, -0.2) is 15.0 Å². The number of likely N-dealkylation sites (N-methyl/N-ethyl adjacent to an activating group) is 1. The SMILES string of the molecule is CCN1/C(=C/C=C(/C=C/C2=[N+](CC)c3ccc4c(C)cc(S(=O)(=O)O)cc4c3C2(C)C)c2ccc(C(=O)NCCCCCC(=O)NCc3cc4c(nc3CCCCCC[C@@H](C)c3cnc(C)nc3)NCCC4)cn2)C(C)(C)c2c1ccc1c(S(=O)(=O)O)cc(S(=O)(=O)O)cc21. The van der Waals surface area contributed by atoms with Crippen molar-refractivity contribution in [3.8, 4) is 0 Å². The number of nitrogens with zero attached hydrogens (tertiary/aromatic N) is 6. The maximum absolute atomic E-state index is 13.7. The third-order valence-corrected chi connectivity index (χ3v) is 21.5. The quantitative estimate of drug-likeness (QED) is 0.0127. The first-order valence-electron chi connectivity index (χ1n) is 32.7. The van der Waals surface area contributed by atoms with Crippen molar-refractivity contribution in [2.24, 2.45) is 0 Å². The lowest BCUT2D eigenvalue weighted by molar-refractivity contribution is -0.433. The molecule has 0 unspecified atom stereocenters. The zero-order chi connectivity index (χ0) is 68.4. The average Bonchev–Trinajstić information content (AvgIpc) is 1.60. The molecule has 2 amide bonds. The lowest BCUT2D eigenvalue weighted by atomic mass is 9.78. The van der Waals surface area contributed by atoms with Gasteiger partial charge >= 0.3 is 0 Å². The normalized spacial score (nSPS) is 16.1. The van der Waals surface area contributed by atoms with Crippen molar-refractivity contribution in [2.75, 3.05) is 36.4 Å². The highest BCUT2D eigenvalue weighted by molar-refractivity contribution is 7.87. The van der Waals surface area contributed by atoms with Gasteiger partial charge in [0.1, 0.15) is 23.1 Å². The maximum Gasteiger partial charge on any atom is 0.295 e. The topological polar surface area (TPSA) is 291 Å². The van der Waals surface area contributed by atoms with Crippen molar-refractivity contribution in [3.05, 3.63) is 171 Å². The van der Waals surface area contributed by atoms with Gasteiger partial charge in [0.15, 0.2) is 5.71 Å². The largest absolute Gasteiger partial charge is 0.370 e. The summed E-state index contributed by atoms with van der Waals surface area (Å²) in [4.78, 5) is 46.0. The summed E-state index contributed by atoms with van der Waals surface area (Å²) < 4.78 is 109. The first-order chi connectivity index (χ1) is 45.0. The lowest BCUT2D eigenvalue weighted by Gasteiger charge is -2.26. The zero-order valence-electron chi connectivity index (χ0n) is 55.5. The molecule has 20 nitrogen and oxygen atoms in total. The summed E-state index contributed by atoms with van der Waals surface area (Å²) in [6.07, 6.45) is 23.8. The van der Waals surface area contributed by atoms with Gasteiger partial charge in [0, 0.05) is 102 Å². The van der Waals surface area contributed by atoms with Crippen molar-refractivity contribution < 1.29 is 53.1 Å². The highest BCUT2D eigenvalue weighted by Crippen LogP contribution is 2.52. The summed E-state index contributed by atoms with van der Waals surface area (Å²) in [5.41, 5.74) is 9.53. The minimum atomic E-state index is -4.97. The second-order valence-electron chi connectivity index (χ2n) is 26.2. The van der Waals surface area contributed by atoms with Crippen LogP contribution < -0.4 is 20.9 Å². The Balaban J connectivity index is 0.835. The smallest absolute Gasteiger partial charge is 0.295 e. The molecular weight excluding hydrogens is 1260 g/mol. The molecule has 3 aliphatic heterocycles. The molecule has 3 aliphatic rings. The second-order valence-corrected chi connectivity index (χ2v) is 30.4. The van der Waals surface area contributed by atoms with Gasteiger partial charge in [0.05, 0.1) is 26.5 Å².